The second-order valence-corrected chi connectivity index (χ2v) is 5.78. The van der Waals surface area contributed by atoms with Crippen molar-refractivity contribution in [3.63, 3.8) is 0 Å². The fourth-order valence-corrected chi connectivity index (χ4v) is 2.72. The summed E-state index contributed by atoms with van der Waals surface area (Å²) in [5.74, 6) is 1.45. The van der Waals surface area contributed by atoms with Crippen LogP contribution in [-0.2, 0) is 0 Å². The highest BCUT2D eigenvalue weighted by molar-refractivity contribution is 5.90. The number of anilines is 1. The molecule has 0 aliphatic carbocycles. The maximum Gasteiger partial charge on any atom is 0.163 e. The summed E-state index contributed by atoms with van der Waals surface area (Å²) in [6.07, 6.45) is 5.32. The molecule has 25 heavy (non-hydrogen) atoms. The lowest BCUT2D eigenvalue weighted by Gasteiger charge is -2.16. The van der Waals surface area contributed by atoms with E-state index in [1.165, 1.54) is 0 Å². The minimum Gasteiger partial charge on any atom is -0.361 e. The first-order valence-electron chi connectivity index (χ1n) is 8.16. The SMILES string of the molecule is C[C@H](Nc1nc(-c2cccnc2)nc2ccccc12)c1ccccn1. The lowest BCUT2D eigenvalue weighted by Crippen LogP contribution is -2.10. The minimum absolute atomic E-state index is 0.0289. The summed E-state index contributed by atoms with van der Waals surface area (Å²) >= 11 is 0. The zero-order valence-corrected chi connectivity index (χ0v) is 13.8. The van der Waals surface area contributed by atoms with Crippen molar-refractivity contribution in [3.05, 3.63) is 78.9 Å². The van der Waals surface area contributed by atoms with Crippen LogP contribution in [0.4, 0.5) is 5.82 Å². The van der Waals surface area contributed by atoms with Crippen molar-refractivity contribution in [1.29, 1.82) is 0 Å². The number of aromatic nitrogens is 4. The number of para-hydroxylation sites is 1. The second kappa shape index (κ2) is 6.65. The van der Waals surface area contributed by atoms with Gasteiger partial charge in [0, 0.05) is 29.5 Å². The van der Waals surface area contributed by atoms with Gasteiger partial charge in [-0.3, -0.25) is 9.97 Å². The molecule has 5 nitrogen and oxygen atoms in total. The zero-order chi connectivity index (χ0) is 17.1. The Kier molecular flexibility index (Phi) is 4.04. The number of pyridine rings is 2. The summed E-state index contributed by atoms with van der Waals surface area (Å²) in [5, 5.41) is 4.46. The third kappa shape index (κ3) is 3.17. The fourth-order valence-electron chi connectivity index (χ4n) is 2.72. The Balaban J connectivity index is 1.79. The van der Waals surface area contributed by atoms with Gasteiger partial charge in [-0.2, -0.15) is 0 Å². The van der Waals surface area contributed by atoms with Crippen LogP contribution in [0.15, 0.2) is 73.2 Å². The molecule has 4 aromatic rings. The van der Waals surface area contributed by atoms with Crippen molar-refractivity contribution in [1.82, 2.24) is 19.9 Å². The van der Waals surface area contributed by atoms with Gasteiger partial charge in [0.2, 0.25) is 0 Å². The van der Waals surface area contributed by atoms with Gasteiger partial charge in [-0.15, -0.1) is 0 Å². The summed E-state index contributed by atoms with van der Waals surface area (Å²) in [4.78, 5) is 18.0. The first-order chi connectivity index (χ1) is 12.3. The van der Waals surface area contributed by atoms with Gasteiger partial charge in [-0.05, 0) is 43.3 Å². The molecule has 3 aromatic heterocycles. The van der Waals surface area contributed by atoms with Crippen molar-refractivity contribution in [3.8, 4) is 11.4 Å². The van der Waals surface area contributed by atoms with Crippen molar-refractivity contribution in [2.75, 3.05) is 5.32 Å². The van der Waals surface area contributed by atoms with Gasteiger partial charge in [0.05, 0.1) is 17.3 Å². The van der Waals surface area contributed by atoms with E-state index in [1.807, 2.05) is 54.6 Å². The lowest BCUT2D eigenvalue weighted by atomic mass is 10.1. The second-order valence-electron chi connectivity index (χ2n) is 5.78. The third-order valence-corrected chi connectivity index (χ3v) is 4.01. The Morgan fingerprint density at radius 3 is 2.56 bits per heavy atom. The van der Waals surface area contributed by atoms with E-state index < -0.39 is 0 Å². The van der Waals surface area contributed by atoms with Crippen LogP contribution in [0.25, 0.3) is 22.3 Å². The van der Waals surface area contributed by atoms with E-state index in [0.29, 0.717) is 5.82 Å². The summed E-state index contributed by atoms with van der Waals surface area (Å²) in [7, 11) is 0. The highest BCUT2D eigenvalue weighted by atomic mass is 15.1. The molecule has 0 radical (unpaired) electrons. The van der Waals surface area contributed by atoms with Crippen LogP contribution in [0.5, 0.6) is 0 Å². The van der Waals surface area contributed by atoms with Gasteiger partial charge in [-0.25, -0.2) is 9.97 Å². The number of nitrogens with one attached hydrogen (secondary N) is 1. The monoisotopic (exact) mass is 327 g/mol. The maximum atomic E-state index is 4.75. The Hall–Kier alpha value is -3.34. The molecule has 0 bridgehead atoms. The Bertz CT molecular complexity index is 987. The van der Waals surface area contributed by atoms with Crippen molar-refractivity contribution in [2.24, 2.45) is 0 Å². The molecule has 1 N–H and O–H groups in total. The van der Waals surface area contributed by atoms with E-state index in [9.17, 15) is 0 Å². The molecule has 1 atom stereocenters. The first kappa shape index (κ1) is 15.2. The zero-order valence-electron chi connectivity index (χ0n) is 13.8. The van der Waals surface area contributed by atoms with Gasteiger partial charge >= 0.3 is 0 Å². The molecule has 0 aliphatic rings. The van der Waals surface area contributed by atoms with Crippen LogP contribution in [0.2, 0.25) is 0 Å². The minimum atomic E-state index is 0.0289. The van der Waals surface area contributed by atoms with Crippen LogP contribution in [0, 0.1) is 0 Å². The molecule has 0 amide bonds. The van der Waals surface area contributed by atoms with Crippen LogP contribution >= 0.6 is 0 Å². The normalized spacial score (nSPS) is 12.0. The molecule has 0 aliphatic heterocycles. The van der Waals surface area contributed by atoms with Crippen molar-refractivity contribution >= 4 is 16.7 Å². The van der Waals surface area contributed by atoms with Crippen molar-refractivity contribution in [2.45, 2.75) is 13.0 Å². The molecule has 4 rings (SSSR count). The number of fused-ring (bicyclic) bond motifs is 1. The van der Waals surface area contributed by atoms with E-state index >= 15 is 0 Å². The van der Waals surface area contributed by atoms with Gasteiger partial charge in [-0.1, -0.05) is 18.2 Å². The molecular weight excluding hydrogens is 310 g/mol. The van der Waals surface area contributed by atoms with E-state index in [-0.39, 0.29) is 6.04 Å². The summed E-state index contributed by atoms with van der Waals surface area (Å²) in [6.45, 7) is 2.07. The highest BCUT2D eigenvalue weighted by Crippen LogP contribution is 2.27. The number of benzene rings is 1. The molecule has 3 heterocycles. The maximum absolute atomic E-state index is 4.75. The molecule has 0 fully saturated rings. The fraction of sp³-hybridized carbons (Fsp3) is 0.100. The smallest absolute Gasteiger partial charge is 0.163 e. The van der Waals surface area contributed by atoms with E-state index in [4.69, 9.17) is 4.98 Å². The summed E-state index contributed by atoms with van der Waals surface area (Å²) in [6, 6.07) is 17.8. The van der Waals surface area contributed by atoms with E-state index in [0.717, 1.165) is 28.0 Å². The average molecular weight is 327 g/mol. The molecule has 1 aromatic carbocycles. The highest BCUT2D eigenvalue weighted by Gasteiger charge is 2.13. The molecule has 122 valence electrons. The van der Waals surface area contributed by atoms with Crippen LogP contribution in [0.3, 0.4) is 0 Å². The largest absolute Gasteiger partial charge is 0.361 e. The Morgan fingerprint density at radius 1 is 0.880 bits per heavy atom. The van der Waals surface area contributed by atoms with E-state index in [1.54, 1.807) is 18.6 Å². The van der Waals surface area contributed by atoms with Crippen LogP contribution in [-0.4, -0.2) is 19.9 Å². The van der Waals surface area contributed by atoms with Gasteiger partial charge < -0.3 is 5.32 Å². The molecule has 5 heteroatoms. The van der Waals surface area contributed by atoms with Gasteiger partial charge in [0.15, 0.2) is 5.82 Å². The quantitative estimate of drug-likeness (QED) is 0.607. The number of rotatable bonds is 4. The first-order valence-corrected chi connectivity index (χ1v) is 8.16. The number of hydrogen-bond acceptors (Lipinski definition) is 5. The molecular formula is C20H17N5. The Morgan fingerprint density at radius 2 is 1.76 bits per heavy atom. The Labute approximate surface area is 145 Å². The molecule has 0 saturated carbocycles. The summed E-state index contributed by atoms with van der Waals surface area (Å²) in [5.41, 5.74) is 2.75. The van der Waals surface area contributed by atoms with Gasteiger partial charge in [0.25, 0.3) is 0 Å². The molecule has 0 saturated heterocycles. The van der Waals surface area contributed by atoms with Gasteiger partial charge in [0.1, 0.15) is 5.82 Å². The van der Waals surface area contributed by atoms with Crippen LogP contribution in [0.1, 0.15) is 18.7 Å². The predicted octanol–water partition coefficient (Wildman–Crippen LogP) is 4.26. The standard InChI is InChI=1S/C20H17N5/c1-14(17-9-4-5-12-22-17)23-20-16-8-2-3-10-18(16)24-19(25-20)15-7-6-11-21-13-15/h2-14H,1H3,(H,23,24,25)/t14-/m0/s1. The molecule has 0 spiro atoms. The number of hydrogen-bond donors (Lipinski definition) is 1. The predicted molar refractivity (Wildman–Crippen MR) is 99.0 cm³/mol. The average Bonchev–Trinajstić information content (AvgIpc) is 2.69. The third-order valence-electron chi connectivity index (χ3n) is 4.01. The molecule has 0 unspecified atom stereocenters. The van der Waals surface area contributed by atoms with E-state index in [2.05, 4.69) is 27.2 Å². The lowest BCUT2D eigenvalue weighted by molar-refractivity contribution is 0.833. The topological polar surface area (TPSA) is 63.6 Å². The number of nitrogens with zero attached hydrogens (tertiary/aromatic N) is 4. The summed E-state index contributed by atoms with van der Waals surface area (Å²) < 4.78 is 0. The van der Waals surface area contributed by atoms with Crippen molar-refractivity contribution < 1.29 is 0 Å². The van der Waals surface area contributed by atoms with Crippen LogP contribution < -0.4 is 5.32 Å².